The summed E-state index contributed by atoms with van der Waals surface area (Å²) < 4.78 is 29.6. The van der Waals surface area contributed by atoms with Gasteiger partial charge in [0.05, 0.1) is 22.4 Å². The molecule has 5 fully saturated rings. The second-order valence-electron chi connectivity index (χ2n) is 13.7. The van der Waals surface area contributed by atoms with Gasteiger partial charge in [-0.3, -0.25) is 9.69 Å². The van der Waals surface area contributed by atoms with Crippen LogP contribution in [0.2, 0.25) is 5.02 Å². The number of hydrogen-bond acceptors (Lipinski definition) is 2. The number of halogens is 3. The molecule has 37 heavy (non-hydrogen) atoms. The summed E-state index contributed by atoms with van der Waals surface area (Å²) in [7, 11) is 0. The fourth-order valence-electron chi connectivity index (χ4n) is 8.12. The monoisotopic (exact) mass is 532 g/mol. The van der Waals surface area contributed by atoms with Crippen LogP contribution in [-0.2, 0) is 10.3 Å². The third-order valence-electron chi connectivity index (χ3n) is 10.4. The fraction of sp³-hybridized carbons (Fsp3) is 0.655. The van der Waals surface area contributed by atoms with Gasteiger partial charge in [-0.2, -0.15) is 0 Å². The molecule has 5 saturated carbocycles. The van der Waals surface area contributed by atoms with Crippen molar-refractivity contribution in [1.82, 2.24) is 10.2 Å². The highest BCUT2D eigenvalue weighted by molar-refractivity contribution is 6.31. The number of nitrogens with one attached hydrogen (secondary N) is 1. The molecule has 2 N–H and O–H groups in total. The van der Waals surface area contributed by atoms with Gasteiger partial charge in [0.25, 0.3) is 5.92 Å². The summed E-state index contributed by atoms with van der Waals surface area (Å²) in [5.41, 5.74) is -0.0535. The molecule has 5 nitrogen and oxygen atoms in total. The lowest BCUT2D eigenvalue weighted by Crippen LogP contribution is -2.78. The molecule has 1 aromatic carbocycles. The third-order valence-corrected chi connectivity index (χ3v) is 10.7. The Morgan fingerprint density at radius 2 is 1.84 bits per heavy atom. The second-order valence-corrected chi connectivity index (χ2v) is 14.1. The first-order valence-corrected chi connectivity index (χ1v) is 13.7. The first kappa shape index (κ1) is 25.1. The number of alkyl halides is 2. The number of fused-ring (bicyclic) bond motifs is 1. The zero-order valence-electron chi connectivity index (χ0n) is 22.0. The molecule has 200 valence electrons. The molecule has 0 saturated heterocycles. The molecule has 0 aromatic heterocycles. The number of rotatable bonds is 4. The van der Waals surface area contributed by atoms with Crippen LogP contribution in [0.1, 0.15) is 83.8 Å². The Morgan fingerprint density at radius 1 is 1.19 bits per heavy atom. The van der Waals surface area contributed by atoms with Crippen LogP contribution in [0.25, 0.3) is 0 Å². The van der Waals surface area contributed by atoms with E-state index in [0.717, 1.165) is 17.6 Å². The van der Waals surface area contributed by atoms with Crippen LogP contribution in [0, 0.1) is 28.6 Å². The van der Waals surface area contributed by atoms with Gasteiger partial charge >= 0.3 is 12.0 Å². The summed E-state index contributed by atoms with van der Waals surface area (Å²) in [4.78, 5) is 26.9. The van der Waals surface area contributed by atoms with E-state index < -0.39 is 45.6 Å². The lowest BCUT2D eigenvalue weighted by Gasteiger charge is -2.71. The Bertz CT molecular complexity index is 1230. The highest BCUT2D eigenvalue weighted by Gasteiger charge is 2.76. The summed E-state index contributed by atoms with van der Waals surface area (Å²) in [6.07, 6.45) is 5.00. The minimum absolute atomic E-state index is 0.175. The average Bonchev–Trinajstić information content (AvgIpc) is 3.32. The SMILES string of the molecule is C[C@H]1CCC2(c3ccc(C4C(C(C)(C)C)C4(F)F)c(Cl)c3)NC(=O)N(C34CC(C(=O)O)(C3)C4)C=C2[C@@H]1C. The maximum atomic E-state index is 14.8. The number of urea groups is 1. The van der Waals surface area contributed by atoms with Crippen molar-refractivity contribution in [2.24, 2.45) is 28.6 Å². The number of hydrogen-bond donors (Lipinski definition) is 2. The molecule has 8 heteroatoms. The number of carbonyl (C=O) groups excluding carboxylic acids is 1. The first-order chi connectivity index (χ1) is 17.1. The van der Waals surface area contributed by atoms with Crippen molar-refractivity contribution in [2.75, 3.05) is 0 Å². The van der Waals surface area contributed by atoms with Crippen LogP contribution >= 0.6 is 11.6 Å². The number of carbonyl (C=O) groups is 2. The second kappa shape index (κ2) is 7.28. The van der Waals surface area contributed by atoms with Crippen molar-refractivity contribution in [3.8, 4) is 0 Å². The summed E-state index contributed by atoms with van der Waals surface area (Å²) in [6.45, 7) is 9.87. The van der Waals surface area contributed by atoms with E-state index in [4.69, 9.17) is 11.6 Å². The molecule has 0 spiro atoms. The minimum Gasteiger partial charge on any atom is -0.481 e. The van der Waals surface area contributed by atoms with Gasteiger partial charge < -0.3 is 10.4 Å². The molecule has 1 aliphatic heterocycles. The molecule has 5 atom stereocenters. The van der Waals surface area contributed by atoms with E-state index in [0.29, 0.717) is 42.2 Å². The van der Waals surface area contributed by atoms with Crippen molar-refractivity contribution in [3.63, 3.8) is 0 Å². The maximum absolute atomic E-state index is 14.8. The van der Waals surface area contributed by atoms with Crippen LogP contribution in [-0.4, -0.2) is 33.5 Å². The van der Waals surface area contributed by atoms with Gasteiger partial charge in [0.15, 0.2) is 0 Å². The molecule has 1 heterocycles. The van der Waals surface area contributed by atoms with Crippen LogP contribution in [0.3, 0.4) is 0 Å². The highest BCUT2D eigenvalue weighted by atomic mass is 35.5. The minimum atomic E-state index is -2.79. The van der Waals surface area contributed by atoms with Gasteiger partial charge in [-0.05, 0) is 72.1 Å². The zero-order chi connectivity index (χ0) is 26.9. The van der Waals surface area contributed by atoms with Crippen LogP contribution in [0.15, 0.2) is 30.0 Å². The van der Waals surface area contributed by atoms with Crippen molar-refractivity contribution in [3.05, 3.63) is 46.1 Å². The zero-order valence-corrected chi connectivity index (χ0v) is 22.8. The third kappa shape index (κ3) is 3.18. The first-order valence-electron chi connectivity index (χ1n) is 13.3. The number of amides is 2. The average molecular weight is 533 g/mol. The Hall–Kier alpha value is -2.15. The molecule has 2 bridgehead atoms. The summed E-state index contributed by atoms with van der Waals surface area (Å²) in [5, 5.41) is 13.2. The van der Waals surface area contributed by atoms with Crippen LogP contribution in [0.5, 0.6) is 0 Å². The fourth-order valence-corrected chi connectivity index (χ4v) is 8.42. The number of carboxylic acids is 1. The van der Waals surface area contributed by atoms with E-state index in [1.807, 2.05) is 33.0 Å². The standard InChI is InChI=1S/C29H35ClF2N2O3/c1-15-8-9-28(17-6-7-18(20(30)10-17)21-22(25(3,4)5)29(21,31)32)19(16(15)2)11-34(24(37)33-28)27-12-26(13-27,14-27)23(35)36/h6-7,10-11,15-16,21-22H,8-9,12-14H2,1-5H3,(H,33,37)(H,35,36)/t15-,16+,21?,22?,26?,27?,28?/m0/s1. The van der Waals surface area contributed by atoms with E-state index >= 15 is 0 Å². The highest BCUT2D eigenvalue weighted by Crippen LogP contribution is 2.71. The van der Waals surface area contributed by atoms with Gasteiger partial charge in [-0.25, -0.2) is 13.6 Å². The maximum Gasteiger partial charge on any atom is 0.322 e. The van der Waals surface area contributed by atoms with E-state index in [-0.39, 0.29) is 11.9 Å². The smallest absolute Gasteiger partial charge is 0.322 e. The predicted molar refractivity (Wildman–Crippen MR) is 136 cm³/mol. The van der Waals surface area contributed by atoms with E-state index in [9.17, 15) is 23.5 Å². The molecule has 7 rings (SSSR count). The largest absolute Gasteiger partial charge is 0.481 e. The Kier molecular flexibility index (Phi) is 4.95. The summed E-state index contributed by atoms with van der Waals surface area (Å²) in [5.74, 6) is -4.67. The van der Waals surface area contributed by atoms with E-state index in [2.05, 4.69) is 19.2 Å². The predicted octanol–water partition coefficient (Wildman–Crippen LogP) is 6.91. The molecule has 0 radical (unpaired) electrons. The van der Waals surface area contributed by atoms with Crippen LogP contribution in [0.4, 0.5) is 13.6 Å². The lowest BCUT2D eigenvalue weighted by molar-refractivity contribution is -0.215. The molecular weight excluding hydrogens is 498 g/mol. The Morgan fingerprint density at radius 3 is 2.38 bits per heavy atom. The van der Waals surface area contributed by atoms with Gasteiger partial charge in [-0.1, -0.05) is 58.4 Å². The molecular formula is C29H35ClF2N2O3. The number of nitrogens with zero attached hydrogens (tertiary/aromatic N) is 1. The quantitative estimate of drug-likeness (QED) is 0.442. The van der Waals surface area contributed by atoms with Gasteiger partial charge in [0.1, 0.15) is 0 Å². The Labute approximate surface area is 221 Å². The number of aliphatic carboxylic acids is 1. The van der Waals surface area contributed by atoms with Crippen molar-refractivity contribution in [2.45, 2.75) is 89.6 Å². The molecule has 6 aliphatic rings. The summed E-state index contributed by atoms with van der Waals surface area (Å²) in [6, 6.07) is 5.14. The Balaban J connectivity index is 1.37. The summed E-state index contributed by atoms with van der Waals surface area (Å²) >= 11 is 6.71. The van der Waals surface area contributed by atoms with Crippen molar-refractivity contribution in [1.29, 1.82) is 0 Å². The van der Waals surface area contributed by atoms with E-state index in [1.165, 1.54) is 0 Å². The lowest BCUT2D eigenvalue weighted by atomic mass is 9.38. The molecule has 5 aliphatic carbocycles. The number of carboxylic acid groups (broad SMARTS) is 1. The van der Waals surface area contributed by atoms with Crippen molar-refractivity contribution < 1.29 is 23.5 Å². The number of benzene rings is 1. The topological polar surface area (TPSA) is 69.6 Å². The van der Waals surface area contributed by atoms with Crippen molar-refractivity contribution >= 4 is 23.6 Å². The molecule has 3 unspecified atom stereocenters. The molecule has 2 amide bonds. The van der Waals surface area contributed by atoms with Crippen LogP contribution < -0.4 is 5.32 Å². The van der Waals surface area contributed by atoms with Gasteiger partial charge in [0, 0.05) is 17.1 Å². The van der Waals surface area contributed by atoms with Gasteiger partial charge in [-0.15, -0.1) is 0 Å². The molecule has 1 aromatic rings. The normalized spacial score (nSPS) is 41.6. The van der Waals surface area contributed by atoms with Gasteiger partial charge in [0.2, 0.25) is 0 Å². The van der Waals surface area contributed by atoms with E-state index in [1.54, 1.807) is 17.0 Å².